The van der Waals surface area contributed by atoms with Gasteiger partial charge in [0.05, 0.1) is 0 Å². The number of nitrogens with zero attached hydrogens (tertiary/aromatic N) is 2. The Balaban J connectivity index is 2.34. The van der Waals surface area contributed by atoms with Gasteiger partial charge in [-0.15, -0.1) is 0 Å². The first kappa shape index (κ1) is 13.5. The molecule has 0 bridgehead atoms. The number of hydrogen-bond acceptors (Lipinski definition) is 4. The van der Waals surface area contributed by atoms with Crippen molar-refractivity contribution in [3.05, 3.63) is 59.7 Å². The number of hydrogen-bond donors (Lipinski definition) is 2. The lowest BCUT2D eigenvalue weighted by Crippen LogP contribution is -2.22. The monoisotopic (exact) mass is 265 g/mol. The fraction of sp³-hybridized carbons (Fsp3) is 0.231. The van der Waals surface area contributed by atoms with Gasteiger partial charge in [0.1, 0.15) is 17.7 Å². The van der Waals surface area contributed by atoms with Gasteiger partial charge in [0.15, 0.2) is 5.82 Å². The zero-order valence-electron chi connectivity index (χ0n) is 10.0. The second kappa shape index (κ2) is 5.81. The van der Waals surface area contributed by atoms with E-state index in [1.54, 1.807) is 6.07 Å². The predicted molar refractivity (Wildman–Crippen MR) is 65.1 cm³/mol. The number of aliphatic hydroxyl groups is 1. The zero-order chi connectivity index (χ0) is 13.8. The van der Waals surface area contributed by atoms with Crippen LogP contribution in [0.25, 0.3) is 0 Å². The topological polar surface area (TPSA) is 72.0 Å². The Hall–Kier alpha value is -1.92. The van der Waals surface area contributed by atoms with Crippen LogP contribution in [-0.2, 0) is 0 Å². The molecule has 1 aromatic carbocycles. The molecule has 0 saturated carbocycles. The molecule has 1 heterocycles. The number of benzene rings is 1. The van der Waals surface area contributed by atoms with Crippen molar-refractivity contribution in [2.45, 2.75) is 12.0 Å². The highest BCUT2D eigenvalue weighted by Crippen LogP contribution is 2.30. The third-order valence-electron chi connectivity index (χ3n) is 2.85. The smallest absolute Gasteiger partial charge is 0.157 e. The highest BCUT2D eigenvalue weighted by molar-refractivity contribution is 5.25. The molecule has 19 heavy (non-hydrogen) atoms. The molecule has 2 unspecified atom stereocenters. The van der Waals surface area contributed by atoms with Crippen molar-refractivity contribution in [1.82, 2.24) is 9.97 Å². The minimum Gasteiger partial charge on any atom is -0.384 e. The molecule has 4 nitrogen and oxygen atoms in total. The van der Waals surface area contributed by atoms with Gasteiger partial charge in [-0.1, -0.05) is 6.07 Å². The van der Waals surface area contributed by atoms with Crippen LogP contribution in [0.5, 0.6) is 0 Å². The second-order valence-corrected chi connectivity index (χ2v) is 4.06. The molecule has 0 aliphatic heterocycles. The van der Waals surface area contributed by atoms with Crippen molar-refractivity contribution >= 4 is 0 Å². The van der Waals surface area contributed by atoms with E-state index in [0.29, 0.717) is 0 Å². The van der Waals surface area contributed by atoms with Crippen molar-refractivity contribution in [2.24, 2.45) is 5.73 Å². The van der Waals surface area contributed by atoms with Crippen LogP contribution >= 0.6 is 0 Å². The molecule has 2 atom stereocenters. The van der Waals surface area contributed by atoms with Crippen molar-refractivity contribution in [3.63, 3.8) is 0 Å². The van der Waals surface area contributed by atoms with E-state index in [1.165, 1.54) is 18.5 Å². The number of rotatable bonds is 4. The summed E-state index contributed by atoms with van der Waals surface area (Å²) in [6.07, 6.45) is 1.80. The van der Waals surface area contributed by atoms with Crippen LogP contribution < -0.4 is 5.73 Å². The molecule has 0 radical (unpaired) electrons. The lowest BCUT2D eigenvalue weighted by molar-refractivity contribution is 0.136. The van der Waals surface area contributed by atoms with E-state index in [2.05, 4.69) is 9.97 Å². The van der Waals surface area contributed by atoms with Crippen LogP contribution in [0.2, 0.25) is 0 Å². The van der Waals surface area contributed by atoms with Gasteiger partial charge in [-0.05, 0) is 17.7 Å². The summed E-state index contributed by atoms with van der Waals surface area (Å²) >= 11 is 0. The molecule has 100 valence electrons. The summed E-state index contributed by atoms with van der Waals surface area (Å²) < 4.78 is 26.6. The van der Waals surface area contributed by atoms with E-state index < -0.39 is 23.7 Å². The van der Waals surface area contributed by atoms with E-state index in [0.717, 1.165) is 12.1 Å². The van der Waals surface area contributed by atoms with E-state index >= 15 is 0 Å². The fourth-order valence-electron chi connectivity index (χ4n) is 1.87. The Kier molecular flexibility index (Phi) is 4.13. The Morgan fingerprint density at radius 3 is 2.47 bits per heavy atom. The molecule has 0 fully saturated rings. The molecular formula is C13H13F2N3O. The number of aromatic nitrogens is 2. The lowest BCUT2D eigenvalue weighted by atomic mass is 9.92. The average molecular weight is 265 g/mol. The summed E-state index contributed by atoms with van der Waals surface area (Å²) in [5, 5.41) is 10.2. The fourth-order valence-corrected chi connectivity index (χ4v) is 1.87. The Morgan fingerprint density at radius 1 is 1.21 bits per heavy atom. The number of nitrogens with two attached hydrogens (primary N) is 1. The SMILES string of the molecule is NCC(c1ccc(F)cc1F)C(O)c1ncccn1. The molecule has 6 heteroatoms. The third-order valence-corrected chi connectivity index (χ3v) is 2.85. The summed E-state index contributed by atoms with van der Waals surface area (Å²) in [5.41, 5.74) is 5.72. The first-order valence-electron chi connectivity index (χ1n) is 5.73. The predicted octanol–water partition coefficient (Wildman–Crippen LogP) is 1.53. The van der Waals surface area contributed by atoms with Gasteiger partial charge in [0.2, 0.25) is 0 Å². The number of aliphatic hydroxyl groups excluding tert-OH is 1. The van der Waals surface area contributed by atoms with Crippen LogP contribution in [0, 0.1) is 11.6 Å². The quantitative estimate of drug-likeness (QED) is 0.879. The molecule has 0 saturated heterocycles. The summed E-state index contributed by atoms with van der Waals surface area (Å²) in [6.45, 7) is -0.0119. The highest BCUT2D eigenvalue weighted by atomic mass is 19.1. The first-order chi connectivity index (χ1) is 9.13. The minimum absolute atomic E-state index is 0.0119. The molecule has 0 spiro atoms. The maximum absolute atomic E-state index is 13.7. The van der Waals surface area contributed by atoms with Gasteiger partial charge in [-0.3, -0.25) is 0 Å². The molecule has 2 rings (SSSR count). The lowest BCUT2D eigenvalue weighted by Gasteiger charge is -2.21. The third kappa shape index (κ3) is 2.91. The molecule has 3 N–H and O–H groups in total. The normalized spacial score (nSPS) is 14.1. The van der Waals surface area contributed by atoms with Gasteiger partial charge in [-0.2, -0.15) is 0 Å². The molecule has 0 aliphatic rings. The van der Waals surface area contributed by atoms with Gasteiger partial charge in [0, 0.05) is 30.9 Å². The van der Waals surface area contributed by atoms with Crippen LogP contribution in [-0.4, -0.2) is 21.6 Å². The zero-order valence-corrected chi connectivity index (χ0v) is 10.0. The molecule has 2 aromatic rings. The van der Waals surface area contributed by atoms with Crippen LogP contribution in [0.1, 0.15) is 23.4 Å². The van der Waals surface area contributed by atoms with Crippen molar-refractivity contribution in [2.75, 3.05) is 6.54 Å². The maximum Gasteiger partial charge on any atom is 0.157 e. The van der Waals surface area contributed by atoms with Crippen LogP contribution in [0.3, 0.4) is 0 Å². The van der Waals surface area contributed by atoms with E-state index in [4.69, 9.17) is 5.73 Å². The highest BCUT2D eigenvalue weighted by Gasteiger charge is 2.26. The van der Waals surface area contributed by atoms with Gasteiger partial charge in [-0.25, -0.2) is 18.7 Å². The van der Waals surface area contributed by atoms with E-state index in [9.17, 15) is 13.9 Å². The Bertz CT molecular complexity index is 551. The van der Waals surface area contributed by atoms with Crippen LogP contribution in [0.15, 0.2) is 36.7 Å². The second-order valence-electron chi connectivity index (χ2n) is 4.06. The van der Waals surface area contributed by atoms with Gasteiger partial charge >= 0.3 is 0 Å². The molecule has 0 amide bonds. The maximum atomic E-state index is 13.7. The van der Waals surface area contributed by atoms with E-state index in [1.807, 2.05) is 0 Å². The van der Waals surface area contributed by atoms with Crippen LogP contribution in [0.4, 0.5) is 8.78 Å². The van der Waals surface area contributed by atoms with Gasteiger partial charge in [0.25, 0.3) is 0 Å². The summed E-state index contributed by atoms with van der Waals surface area (Å²) in [7, 11) is 0. The standard InChI is InChI=1S/C13H13F2N3O/c14-8-2-3-9(11(15)6-8)10(7-16)12(19)13-17-4-1-5-18-13/h1-6,10,12,19H,7,16H2. The minimum atomic E-state index is -1.15. The van der Waals surface area contributed by atoms with Crippen molar-refractivity contribution in [3.8, 4) is 0 Å². The average Bonchev–Trinajstić information content (AvgIpc) is 2.42. The Morgan fingerprint density at radius 2 is 1.89 bits per heavy atom. The first-order valence-corrected chi connectivity index (χ1v) is 5.73. The molecule has 0 aliphatic carbocycles. The number of halogens is 2. The molecular weight excluding hydrogens is 252 g/mol. The van der Waals surface area contributed by atoms with Gasteiger partial charge < -0.3 is 10.8 Å². The van der Waals surface area contributed by atoms with E-state index in [-0.39, 0.29) is 17.9 Å². The summed E-state index contributed by atoms with van der Waals surface area (Å²) in [6, 6.07) is 4.76. The molecule has 1 aromatic heterocycles. The Labute approximate surface area is 108 Å². The largest absolute Gasteiger partial charge is 0.384 e. The van der Waals surface area contributed by atoms with Crippen molar-refractivity contribution < 1.29 is 13.9 Å². The van der Waals surface area contributed by atoms with Crippen molar-refractivity contribution in [1.29, 1.82) is 0 Å². The summed E-state index contributed by atoms with van der Waals surface area (Å²) in [4.78, 5) is 7.81. The summed E-state index contributed by atoms with van der Waals surface area (Å²) in [5.74, 6) is -2.00.